The Morgan fingerprint density at radius 1 is 1.20 bits per heavy atom. The third-order valence-corrected chi connectivity index (χ3v) is 4.79. The molecular weight excluding hydrogens is 270 g/mol. The quantitative estimate of drug-likeness (QED) is 0.795. The molecule has 1 aliphatic heterocycles. The Morgan fingerprint density at radius 3 is 2.80 bits per heavy atom. The molecule has 2 rings (SSSR count). The van der Waals surface area contributed by atoms with Gasteiger partial charge in [-0.05, 0) is 56.7 Å². The van der Waals surface area contributed by atoms with Crippen LogP contribution in [0.5, 0.6) is 11.5 Å². The Balaban J connectivity index is 1.69. The Kier molecular flexibility index (Phi) is 6.05. The van der Waals surface area contributed by atoms with Crippen LogP contribution < -0.4 is 14.8 Å². The number of hydrogen-bond acceptors (Lipinski definition) is 4. The lowest BCUT2D eigenvalue weighted by molar-refractivity contribution is 0.174. The fraction of sp³-hybridized carbons (Fsp3) is 0.625. The number of benzene rings is 1. The van der Waals surface area contributed by atoms with Crippen LogP contribution in [-0.2, 0) is 6.42 Å². The largest absolute Gasteiger partial charge is 0.454 e. The summed E-state index contributed by atoms with van der Waals surface area (Å²) in [6.07, 6.45) is 5.62. The lowest BCUT2D eigenvalue weighted by Crippen LogP contribution is -2.28. The van der Waals surface area contributed by atoms with Crippen LogP contribution in [0.1, 0.15) is 32.3 Å². The van der Waals surface area contributed by atoms with E-state index in [1.54, 1.807) is 0 Å². The number of hydrogen-bond donors (Lipinski definition) is 1. The maximum absolute atomic E-state index is 5.41. The first-order valence-electron chi connectivity index (χ1n) is 7.33. The normalized spacial score (nSPS) is 16.1. The first kappa shape index (κ1) is 15.5. The molecule has 0 aromatic heterocycles. The molecule has 3 nitrogen and oxygen atoms in total. The molecule has 1 aliphatic rings. The third-order valence-electron chi connectivity index (χ3n) is 3.75. The number of nitrogens with one attached hydrogen (secondary N) is 1. The lowest BCUT2D eigenvalue weighted by Gasteiger charge is -2.15. The lowest BCUT2D eigenvalue weighted by atomic mass is 10.1. The van der Waals surface area contributed by atoms with Gasteiger partial charge in [0.1, 0.15) is 0 Å². The van der Waals surface area contributed by atoms with E-state index in [9.17, 15) is 0 Å². The van der Waals surface area contributed by atoms with Crippen molar-refractivity contribution >= 4 is 11.8 Å². The van der Waals surface area contributed by atoms with Crippen LogP contribution in [0.15, 0.2) is 18.2 Å². The number of ether oxygens (including phenoxy) is 2. The van der Waals surface area contributed by atoms with Gasteiger partial charge in [-0.15, -0.1) is 0 Å². The van der Waals surface area contributed by atoms with Crippen LogP contribution in [0.25, 0.3) is 0 Å². The highest BCUT2D eigenvalue weighted by Crippen LogP contribution is 2.32. The second kappa shape index (κ2) is 7.79. The highest BCUT2D eigenvalue weighted by atomic mass is 32.2. The fourth-order valence-corrected chi connectivity index (χ4v) is 2.59. The van der Waals surface area contributed by atoms with Crippen molar-refractivity contribution in [2.24, 2.45) is 0 Å². The molecule has 0 spiro atoms. The number of fused-ring (bicyclic) bond motifs is 1. The number of aryl methyl sites for hydroxylation is 1. The molecule has 20 heavy (non-hydrogen) atoms. The summed E-state index contributed by atoms with van der Waals surface area (Å²) in [7, 11) is 0. The van der Waals surface area contributed by atoms with Crippen LogP contribution in [0.2, 0.25) is 0 Å². The highest BCUT2D eigenvalue weighted by molar-refractivity contribution is 7.99. The van der Waals surface area contributed by atoms with Gasteiger partial charge in [0, 0.05) is 11.3 Å². The monoisotopic (exact) mass is 295 g/mol. The summed E-state index contributed by atoms with van der Waals surface area (Å²) < 4.78 is 10.7. The zero-order valence-electron chi connectivity index (χ0n) is 12.6. The van der Waals surface area contributed by atoms with E-state index < -0.39 is 0 Å². The minimum absolute atomic E-state index is 0.352. The molecule has 1 N–H and O–H groups in total. The molecular formula is C16H25NO2S. The molecule has 2 unspecified atom stereocenters. The second-order valence-corrected chi connectivity index (χ2v) is 6.69. The second-order valence-electron chi connectivity index (χ2n) is 5.42. The van der Waals surface area contributed by atoms with E-state index in [0.717, 1.165) is 36.1 Å². The van der Waals surface area contributed by atoms with Crippen LogP contribution >= 0.6 is 11.8 Å². The van der Waals surface area contributed by atoms with Gasteiger partial charge in [0.25, 0.3) is 0 Å². The Hall–Kier alpha value is -0.870. The Labute approximate surface area is 126 Å². The van der Waals surface area contributed by atoms with Crippen molar-refractivity contribution in [1.82, 2.24) is 5.32 Å². The first-order chi connectivity index (χ1) is 9.69. The molecule has 0 bridgehead atoms. The van der Waals surface area contributed by atoms with Gasteiger partial charge in [-0.3, -0.25) is 0 Å². The van der Waals surface area contributed by atoms with Gasteiger partial charge in [0.05, 0.1) is 0 Å². The molecule has 112 valence electrons. The topological polar surface area (TPSA) is 30.5 Å². The zero-order valence-corrected chi connectivity index (χ0v) is 13.5. The zero-order chi connectivity index (χ0) is 14.4. The van der Waals surface area contributed by atoms with E-state index in [1.807, 2.05) is 17.8 Å². The third kappa shape index (κ3) is 4.60. The van der Waals surface area contributed by atoms with E-state index in [1.165, 1.54) is 12.0 Å². The van der Waals surface area contributed by atoms with E-state index in [2.05, 4.69) is 37.6 Å². The summed E-state index contributed by atoms with van der Waals surface area (Å²) in [5, 5.41) is 4.34. The van der Waals surface area contributed by atoms with Crippen LogP contribution in [0, 0.1) is 0 Å². The van der Waals surface area contributed by atoms with Crippen molar-refractivity contribution in [3.63, 3.8) is 0 Å². The highest BCUT2D eigenvalue weighted by Gasteiger charge is 2.13. The van der Waals surface area contributed by atoms with Crippen molar-refractivity contribution < 1.29 is 9.47 Å². The number of thioether (sulfide) groups is 1. The predicted octanol–water partition coefficient (Wildman–Crippen LogP) is 3.47. The molecule has 1 aromatic rings. The molecule has 1 heterocycles. The van der Waals surface area contributed by atoms with Crippen molar-refractivity contribution in [2.75, 3.05) is 19.6 Å². The van der Waals surface area contributed by atoms with Gasteiger partial charge in [-0.25, -0.2) is 0 Å². The maximum atomic E-state index is 5.41. The minimum Gasteiger partial charge on any atom is -0.454 e. The standard InChI is InChI=1S/C16H25NO2S/c1-12(17-9-8-13(2)20-3)4-5-14-6-7-15-16(10-14)19-11-18-15/h6-7,10,12-13,17H,4-5,8-9,11H2,1-3H3. The molecule has 4 heteroatoms. The molecule has 0 aliphatic carbocycles. The van der Waals surface area contributed by atoms with Gasteiger partial charge < -0.3 is 14.8 Å². The minimum atomic E-state index is 0.352. The molecule has 0 saturated heterocycles. The molecule has 0 saturated carbocycles. The number of rotatable bonds is 8. The van der Waals surface area contributed by atoms with Gasteiger partial charge in [-0.1, -0.05) is 13.0 Å². The van der Waals surface area contributed by atoms with Crippen LogP contribution in [0.3, 0.4) is 0 Å². The molecule has 1 aromatic carbocycles. The van der Waals surface area contributed by atoms with Gasteiger partial charge in [0.2, 0.25) is 6.79 Å². The van der Waals surface area contributed by atoms with E-state index in [4.69, 9.17) is 9.47 Å². The summed E-state index contributed by atoms with van der Waals surface area (Å²) in [6, 6.07) is 6.80. The van der Waals surface area contributed by atoms with Gasteiger partial charge in [0.15, 0.2) is 11.5 Å². The maximum Gasteiger partial charge on any atom is 0.231 e. The van der Waals surface area contributed by atoms with Crippen molar-refractivity contribution in [3.05, 3.63) is 23.8 Å². The average Bonchev–Trinajstić information content (AvgIpc) is 2.92. The smallest absolute Gasteiger partial charge is 0.231 e. The SMILES string of the molecule is CSC(C)CCNC(C)CCc1ccc2c(c1)OCO2. The Morgan fingerprint density at radius 2 is 2.00 bits per heavy atom. The molecule has 0 fully saturated rings. The summed E-state index contributed by atoms with van der Waals surface area (Å²) in [5.41, 5.74) is 1.32. The molecule has 0 radical (unpaired) electrons. The molecule has 2 atom stereocenters. The van der Waals surface area contributed by atoms with Crippen molar-refractivity contribution in [2.45, 2.75) is 44.4 Å². The van der Waals surface area contributed by atoms with E-state index >= 15 is 0 Å². The summed E-state index contributed by atoms with van der Waals surface area (Å²) in [6.45, 7) is 6.00. The van der Waals surface area contributed by atoms with E-state index in [0.29, 0.717) is 12.8 Å². The van der Waals surface area contributed by atoms with Crippen LogP contribution in [0.4, 0.5) is 0 Å². The first-order valence-corrected chi connectivity index (χ1v) is 8.62. The summed E-state index contributed by atoms with van der Waals surface area (Å²) in [5.74, 6) is 1.75. The van der Waals surface area contributed by atoms with Crippen molar-refractivity contribution in [3.8, 4) is 11.5 Å². The molecule has 0 amide bonds. The summed E-state index contributed by atoms with van der Waals surface area (Å²) in [4.78, 5) is 0. The summed E-state index contributed by atoms with van der Waals surface area (Å²) >= 11 is 1.93. The predicted molar refractivity (Wildman–Crippen MR) is 85.9 cm³/mol. The van der Waals surface area contributed by atoms with Gasteiger partial charge in [-0.2, -0.15) is 11.8 Å². The van der Waals surface area contributed by atoms with Crippen molar-refractivity contribution in [1.29, 1.82) is 0 Å². The van der Waals surface area contributed by atoms with E-state index in [-0.39, 0.29) is 0 Å². The fourth-order valence-electron chi connectivity index (χ4n) is 2.23. The van der Waals surface area contributed by atoms with Gasteiger partial charge >= 0.3 is 0 Å². The average molecular weight is 295 g/mol. The Bertz CT molecular complexity index is 425. The van der Waals surface area contributed by atoms with Crippen LogP contribution in [-0.4, -0.2) is 30.9 Å².